The van der Waals surface area contributed by atoms with E-state index in [0.717, 1.165) is 77.0 Å². The third kappa shape index (κ3) is 33.9. The van der Waals surface area contributed by atoms with Gasteiger partial charge in [-0.15, -0.1) is 0 Å². The van der Waals surface area contributed by atoms with Gasteiger partial charge in [-0.2, -0.15) is 0 Å². The fraction of sp³-hybridized carbons (Fsp3) is 0.767. The molecule has 0 rings (SSSR count). The molecule has 0 aromatic heterocycles. The minimum Gasteiger partial charge on any atom is -0.355 e. The zero-order valence-corrected chi connectivity index (χ0v) is 38.3. The smallest absolute Gasteiger partial charge is 0.243 e. The van der Waals surface area contributed by atoms with Gasteiger partial charge < -0.3 is 53.2 Å². The Kier molecular flexibility index (Phi) is 35.2. The van der Waals surface area contributed by atoms with Crippen LogP contribution >= 0.6 is 0 Å². The zero-order chi connectivity index (χ0) is 47.1. The molecule has 0 heterocycles. The van der Waals surface area contributed by atoms with Crippen LogP contribution in [0, 0.1) is 0 Å². The average Bonchev–Trinajstić information content (AvgIpc) is 3.26. The first-order chi connectivity index (χ1) is 30.3. The maximum absolute atomic E-state index is 13.1. The second kappa shape index (κ2) is 38.4. The molecule has 0 radical (unpaired) electrons. The topological polar surface area (TPSA) is 291 Å². The van der Waals surface area contributed by atoms with Crippen LogP contribution in [0.1, 0.15) is 150 Å². The van der Waals surface area contributed by atoms with Gasteiger partial charge in [0.05, 0.1) is 26.2 Å². The van der Waals surface area contributed by atoms with Gasteiger partial charge in [0.15, 0.2) is 0 Å². The number of carbonyl (C=O) groups is 10. The van der Waals surface area contributed by atoms with Crippen molar-refractivity contribution in [3.05, 3.63) is 0 Å². The van der Waals surface area contributed by atoms with Gasteiger partial charge in [0.25, 0.3) is 0 Å². The second-order valence-electron chi connectivity index (χ2n) is 15.4. The van der Waals surface area contributed by atoms with E-state index in [0.29, 0.717) is 26.2 Å². The van der Waals surface area contributed by atoms with Crippen LogP contribution in [0.5, 0.6) is 0 Å². The Morgan fingerprint density at radius 3 is 0.873 bits per heavy atom. The minimum absolute atomic E-state index is 0.0115. The van der Waals surface area contributed by atoms with Crippen molar-refractivity contribution in [2.75, 3.05) is 52.4 Å². The lowest BCUT2D eigenvalue weighted by molar-refractivity contribution is -0.132. The number of unbranched alkanes of at least 4 members (excludes halogenated alkanes) is 8. The molecular weight excluding hydrogens is 817 g/mol. The first-order valence-corrected chi connectivity index (χ1v) is 23.0. The molecule has 0 aromatic rings. The molecule has 360 valence electrons. The Balaban J connectivity index is 5.40. The summed E-state index contributed by atoms with van der Waals surface area (Å²) < 4.78 is 0. The molecule has 0 aliphatic heterocycles. The van der Waals surface area contributed by atoms with Crippen LogP contribution in [-0.4, -0.2) is 124 Å². The zero-order valence-electron chi connectivity index (χ0n) is 38.3. The monoisotopic (exact) mass is 895 g/mol. The molecule has 0 aromatic carbocycles. The molecule has 10 amide bonds. The molecule has 0 saturated carbocycles. The highest BCUT2D eigenvalue weighted by Gasteiger charge is 2.25. The number of hydrogen-bond donors (Lipinski definition) is 10. The van der Waals surface area contributed by atoms with Crippen molar-refractivity contribution in [1.29, 1.82) is 0 Å². The van der Waals surface area contributed by atoms with Gasteiger partial charge in [-0.05, 0) is 44.9 Å². The molecule has 0 saturated heterocycles. The van der Waals surface area contributed by atoms with Crippen LogP contribution in [0.15, 0.2) is 0 Å². The summed E-state index contributed by atoms with van der Waals surface area (Å²) in [4.78, 5) is 126. The van der Waals surface area contributed by atoms with Gasteiger partial charge in [-0.1, -0.05) is 79.1 Å². The van der Waals surface area contributed by atoms with Crippen molar-refractivity contribution in [2.24, 2.45) is 0 Å². The second-order valence-corrected chi connectivity index (χ2v) is 15.4. The first kappa shape index (κ1) is 57.7. The molecule has 2 unspecified atom stereocenters. The number of hydrogen-bond acceptors (Lipinski definition) is 10. The van der Waals surface area contributed by atoms with Crippen molar-refractivity contribution >= 4 is 59.1 Å². The molecule has 20 heteroatoms. The molecule has 20 nitrogen and oxygen atoms in total. The average molecular weight is 895 g/mol. The summed E-state index contributed by atoms with van der Waals surface area (Å²) in [5, 5.41) is 25.9. The minimum atomic E-state index is -1.22. The van der Waals surface area contributed by atoms with Crippen molar-refractivity contribution in [2.45, 2.75) is 162 Å². The standard InChI is InChI=1S/C43H78N10O10/c1-5-9-13-24-44-38(58)28-48-34(54)22-20-32(42(62)50-30-40(60)46-26-15-11-7-3)52-36(56)18-17-19-37(57)53-33(43(63)51-31-41(61)47-27-16-12-8-4)21-23-35(55)49-29-39(59)45-25-14-10-6-2/h32-33H,5-31H2,1-4H3,(H,44,58)(H,45,59)(H,46,60)(H,47,61)(H,48,54)(H,49,55)(H,50,62)(H,51,63)(H,52,56)(H,53,57). The molecule has 63 heavy (non-hydrogen) atoms. The van der Waals surface area contributed by atoms with Crippen molar-refractivity contribution in [3.8, 4) is 0 Å². The SMILES string of the molecule is CCCCCNC(=O)CNC(=O)CCC(NC(=O)CCCC(=O)NC(CCC(=O)NCC(=O)NCCCCC)C(=O)NCC(=O)NCCCCC)C(=O)NCC(=O)NCCCCC. The predicted octanol–water partition coefficient (Wildman–Crippen LogP) is 0.377. The fourth-order valence-corrected chi connectivity index (χ4v) is 5.81. The fourth-order valence-electron chi connectivity index (χ4n) is 5.81. The number of nitrogens with one attached hydrogen (secondary N) is 10. The lowest BCUT2D eigenvalue weighted by Crippen LogP contribution is -2.50. The van der Waals surface area contributed by atoms with Gasteiger partial charge in [0, 0.05) is 51.9 Å². The summed E-state index contributed by atoms with van der Waals surface area (Å²) >= 11 is 0. The molecule has 0 aliphatic rings. The first-order valence-electron chi connectivity index (χ1n) is 23.0. The Morgan fingerprint density at radius 2 is 0.587 bits per heavy atom. The number of amides is 10. The lowest BCUT2D eigenvalue weighted by Gasteiger charge is -2.19. The van der Waals surface area contributed by atoms with Gasteiger partial charge in [-0.3, -0.25) is 47.9 Å². The van der Waals surface area contributed by atoms with E-state index in [1.807, 2.05) is 27.7 Å². The Morgan fingerprint density at radius 1 is 0.302 bits per heavy atom. The van der Waals surface area contributed by atoms with Crippen LogP contribution < -0.4 is 53.2 Å². The van der Waals surface area contributed by atoms with E-state index in [-0.39, 0.29) is 82.9 Å². The molecule has 10 N–H and O–H groups in total. The van der Waals surface area contributed by atoms with E-state index >= 15 is 0 Å². The molecule has 2 atom stereocenters. The van der Waals surface area contributed by atoms with Gasteiger partial charge >= 0.3 is 0 Å². The number of carbonyl (C=O) groups excluding carboxylic acids is 10. The van der Waals surface area contributed by atoms with Crippen LogP contribution in [0.25, 0.3) is 0 Å². The molecule has 0 aliphatic carbocycles. The van der Waals surface area contributed by atoms with Gasteiger partial charge in [0.1, 0.15) is 12.1 Å². The van der Waals surface area contributed by atoms with E-state index in [9.17, 15) is 47.9 Å². The van der Waals surface area contributed by atoms with Crippen molar-refractivity contribution < 1.29 is 47.9 Å². The van der Waals surface area contributed by atoms with Crippen molar-refractivity contribution in [3.63, 3.8) is 0 Å². The van der Waals surface area contributed by atoms with Crippen molar-refractivity contribution in [1.82, 2.24) is 53.2 Å². The summed E-state index contributed by atoms with van der Waals surface area (Å²) in [7, 11) is 0. The van der Waals surface area contributed by atoms with Gasteiger partial charge in [-0.25, -0.2) is 0 Å². The summed E-state index contributed by atoms with van der Waals surface area (Å²) in [5.41, 5.74) is 0. The molecule has 0 spiro atoms. The van der Waals surface area contributed by atoms with Crippen LogP contribution in [0.3, 0.4) is 0 Å². The van der Waals surface area contributed by atoms with Gasteiger partial charge in [0.2, 0.25) is 59.1 Å². The Hall–Kier alpha value is -5.30. The summed E-state index contributed by atoms with van der Waals surface area (Å²) in [6.45, 7) is 8.79. The largest absolute Gasteiger partial charge is 0.355 e. The maximum Gasteiger partial charge on any atom is 0.243 e. The highest BCUT2D eigenvalue weighted by atomic mass is 16.2. The molecular formula is C43H78N10O10. The highest BCUT2D eigenvalue weighted by Crippen LogP contribution is 2.05. The quantitative estimate of drug-likeness (QED) is 0.0380. The van der Waals surface area contributed by atoms with Crippen LogP contribution in [0.4, 0.5) is 0 Å². The van der Waals surface area contributed by atoms with E-state index in [1.54, 1.807) is 0 Å². The summed E-state index contributed by atoms with van der Waals surface area (Å²) in [6.07, 6.45) is 9.70. The third-order valence-electron chi connectivity index (χ3n) is 9.58. The Labute approximate surface area is 373 Å². The predicted molar refractivity (Wildman–Crippen MR) is 238 cm³/mol. The van der Waals surface area contributed by atoms with E-state index in [4.69, 9.17) is 0 Å². The third-order valence-corrected chi connectivity index (χ3v) is 9.58. The van der Waals surface area contributed by atoms with Crippen LogP contribution in [-0.2, 0) is 47.9 Å². The highest BCUT2D eigenvalue weighted by molar-refractivity contribution is 5.93. The summed E-state index contributed by atoms with van der Waals surface area (Å²) in [6, 6.07) is -2.44. The van der Waals surface area contributed by atoms with E-state index < -0.39 is 59.3 Å². The summed E-state index contributed by atoms with van der Waals surface area (Å²) in [5.74, 6) is -5.25. The maximum atomic E-state index is 13.1. The van der Waals surface area contributed by atoms with E-state index in [1.165, 1.54) is 0 Å². The number of rotatable bonds is 38. The molecule has 0 bridgehead atoms. The normalized spacial score (nSPS) is 11.5. The molecule has 0 fully saturated rings. The van der Waals surface area contributed by atoms with E-state index in [2.05, 4.69) is 53.2 Å². The Bertz CT molecular complexity index is 1310. The lowest BCUT2D eigenvalue weighted by atomic mass is 10.1. The van der Waals surface area contributed by atoms with Crippen LogP contribution in [0.2, 0.25) is 0 Å².